The van der Waals surface area contributed by atoms with Gasteiger partial charge in [-0.3, -0.25) is 4.99 Å². The van der Waals surface area contributed by atoms with Crippen LogP contribution in [-0.4, -0.2) is 22.8 Å². The number of aromatic amines is 2. The van der Waals surface area contributed by atoms with Gasteiger partial charge in [0.1, 0.15) is 5.75 Å². The Hall–Kier alpha value is -3.01. The van der Waals surface area contributed by atoms with Gasteiger partial charge in [-0.2, -0.15) is 0 Å². The number of hydrogen-bond acceptors (Lipinski definition) is 2. The minimum Gasteiger partial charge on any atom is -0.494 e. The van der Waals surface area contributed by atoms with Crippen molar-refractivity contribution in [3.05, 3.63) is 59.9 Å². The van der Waals surface area contributed by atoms with Gasteiger partial charge >= 0.3 is 0 Å². The van der Waals surface area contributed by atoms with Crippen LogP contribution in [0.1, 0.15) is 18.2 Å². The Morgan fingerprint density at radius 2 is 1.96 bits per heavy atom. The van der Waals surface area contributed by atoms with Crippen molar-refractivity contribution >= 4 is 23.0 Å². The van der Waals surface area contributed by atoms with Gasteiger partial charge in [-0.05, 0) is 31.2 Å². The lowest BCUT2D eigenvalue weighted by Crippen LogP contribution is -1.91. The average molecular weight is 303 g/mol. The van der Waals surface area contributed by atoms with E-state index >= 15 is 0 Å². The molecule has 1 aliphatic heterocycles. The van der Waals surface area contributed by atoms with Crippen LogP contribution in [0, 0.1) is 0 Å². The van der Waals surface area contributed by atoms with Gasteiger partial charge in [0.15, 0.2) is 0 Å². The lowest BCUT2D eigenvalue weighted by atomic mass is 10.0. The Morgan fingerprint density at radius 3 is 2.74 bits per heavy atom. The van der Waals surface area contributed by atoms with Crippen molar-refractivity contribution in [1.82, 2.24) is 9.97 Å². The first-order valence-electron chi connectivity index (χ1n) is 7.54. The van der Waals surface area contributed by atoms with Crippen LogP contribution in [-0.2, 0) is 0 Å². The molecule has 0 bridgehead atoms. The van der Waals surface area contributed by atoms with Crippen LogP contribution in [0.4, 0.5) is 5.69 Å². The van der Waals surface area contributed by atoms with E-state index in [0.717, 1.165) is 45.4 Å². The van der Waals surface area contributed by atoms with E-state index in [1.54, 1.807) is 7.11 Å². The monoisotopic (exact) mass is 303 g/mol. The predicted octanol–water partition coefficient (Wildman–Crippen LogP) is 4.67. The van der Waals surface area contributed by atoms with E-state index in [4.69, 9.17) is 4.74 Å². The third kappa shape index (κ3) is 2.28. The first-order chi connectivity index (χ1) is 11.3. The lowest BCUT2D eigenvalue weighted by Gasteiger charge is -2.02. The number of ether oxygens (including phenoxy) is 1. The fourth-order valence-corrected chi connectivity index (χ4v) is 2.93. The van der Waals surface area contributed by atoms with E-state index in [0.29, 0.717) is 0 Å². The molecule has 4 heteroatoms. The fourth-order valence-electron chi connectivity index (χ4n) is 2.93. The second-order valence-corrected chi connectivity index (χ2v) is 5.52. The number of hydrogen-bond donors (Lipinski definition) is 2. The summed E-state index contributed by atoms with van der Waals surface area (Å²) in [4.78, 5) is 11.3. The van der Waals surface area contributed by atoms with Crippen molar-refractivity contribution < 1.29 is 4.74 Å². The second kappa shape index (κ2) is 5.32. The molecular weight excluding hydrogens is 286 g/mol. The minimum absolute atomic E-state index is 0.819. The molecule has 1 aliphatic rings. The number of nitrogens with zero attached hydrogens (tertiary/aromatic N) is 1. The maximum atomic E-state index is 5.53. The highest BCUT2D eigenvalue weighted by Crippen LogP contribution is 2.37. The molecule has 0 saturated heterocycles. The Morgan fingerprint density at radius 1 is 1.09 bits per heavy atom. The second-order valence-electron chi connectivity index (χ2n) is 5.52. The zero-order chi connectivity index (χ0) is 15.8. The SMILES string of the molecule is COc1cc(-c2ccc[nH]2)[nH]c1/C=C1/C(C)=Nc2ccccc21. The quantitative estimate of drug-likeness (QED) is 0.726. The van der Waals surface area contributed by atoms with Gasteiger partial charge in [0, 0.05) is 29.1 Å². The molecule has 3 aromatic rings. The fraction of sp³-hybridized carbons (Fsp3) is 0.105. The van der Waals surface area contributed by atoms with E-state index in [1.807, 2.05) is 49.5 Å². The van der Waals surface area contributed by atoms with Crippen molar-refractivity contribution in [3.63, 3.8) is 0 Å². The molecule has 1 aromatic carbocycles. The number of benzene rings is 1. The molecule has 0 fully saturated rings. The average Bonchev–Trinajstić information content (AvgIpc) is 3.27. The summed E-state index contributed by atoms with van der Waals surface area (Å²) in [6, 6.07) is 14.2. The zero-order valence-corrected chi connectivity index (χ0v) is 13.1. The molecule has 0 amide bonds. The maximum Gasteiger partial charge on any atom is 0.144 e. The largest absolute Gasteiger partial charge is 0.494 e. The van der Waals surface area contributed by atoms with Crippen LogP contribution in [0.5, 0.6) is 5.75 Å². The minimum atomic E-state index is 0.819. The molecule has 23 heavy (non-hydrogen) atoms. The third-order valence-corrected chi connectivity index (χ3v) is 4.08. The molecular formula is C19H17N3O. The first kappa shape index (κ1) is 13.6. The predicted molar refractivity (Wildman–Crippen MR) is 94.2 cm³/mol. The summed E-state index contributed by atoms with van der Waals surface area (Å²) in [6.45, 7) is 2.03. The summed E-state index contributed by atoms with van der Waals surface area (Å²) in [7, 11) is 1.69. The van der Waals surface area contributed by atoms with Crippen LogP contribution in [0.2, 0.25) is 0 Å². The van der Waals surface area contributed by atoms with E-state index in [2.05, 4.69) is 27.1 Å². The van der Waals surface area contributed by atoms with Gasteiger partial charge < -0.3 is 14.7 Å². The molecule has 4 rings (SSSR count). The van der Waals surface area contributed by atoms with Crippen LogP contribution >= 0.6 is 0 Å². The molecule has 0 aliphatic carbocycles. The Labute approximate surface area is 134 Å². The van der Waals surface area contributed by atoms with Crippen LogP contribution < -0.4 is 4.74 Å². The van der Waals surface area contributed by atoms with Crippen LogP contribution in [0.15, 0.2) is 53.7 Å². The molecule has 0 unspecified atom stereocenters. The van der Waals surface area contributed by atoms with Crippen molar-refractivity contribution in [1.29, 1.82) is 0 Å². The number of para-hydroxylation sites is 1. The Balaban J connectivity index is 1.81. The number of fused-ring (bicyclic) bond motifs is 1. The smallest absolute Gasteiger partial charge is 0.144 e. The Kier molecular flexibility index (Phi) is 3.15. The van der Waals surface area contributed by atoms with Crippen molar-refractivity contribution in [3.8, 4) is 17.1 Å². The summed E-state index contributed by atoms with van der Waals surface area (Å²) >= 11 is 0. The standard InChI is InChI=1S/C19H17N3O/c1-12-14(13-6-3-4-7-15(13)21-12)10-18-19(23-2)11-17(22-18)16-8-5-9-20-16/h3-11,20,22H,1-2H3/b14-10-. The number of H-pyrrole nitrogens is 2. The summed E-state index contributed by atoms with van der Waals surface area (Å²) in [5.74, 6) is 0.819. The van der Waals surface area contributed by atoms with Crippen molar-refractivity contribution in [2.75, 3.05) is 7.11 Å². The summed E-state index contributed by atoms with van der Waals surface area (Å²) in [5, 5.41) is 0. The van der Waals surface area contributed by atoms with Crippen LogP contribution in [0.25, 0.3) is 23.0 Å². The van der Waals surface area contributed by atoms with Crippen LogP contribution in [0.3, 0.4) is 0 Å². The van der Waals surface area contributed by atoms with E-state index in [-0.39, 0.29) is 0 Å². The highest BCUT2D eigenvalue weighted by atomic mass is 16.5. The highest BCUT2D eigenvalue weighted by molar-refractivity contribution is 6.31. The summed E-state index contributed by atoms with van der Waals surface area (Å²) in [6.07, 6.45) is 4.01. The Bertz CT molecular complexity index is 914. The summed E-state index contributed by atoms with van der Waals surface area (Å²) < 4.78 is 5.53. The normalized spacial score (nSPS) is 14.9. The van der Waals surface area contributed by atoms with E-state index < -0.39 is 0 Å². The van der Waals surface area contributed by atoms with Gasteiger partial charge in [0.2, 0.25) is 0 Å². The van der Waals surface area contributed by atoms with Gasteiger partial charge in [-0.1, -0.05) is 18.2 Å². The molecule has 2 aromatic heterocycles. The zero-order valence-electron chi connectivity index (χ0n) is 13.1. The number of aromatic nitrogens is 2. The van der Waals surface area contributed by atoms with Gasteiger partial charge in [0.05, 0.1) is 29.9 Å². The van der Waals surface area contributed by atoms with Gasteiger partial charge in [0.25, 0.3) is 0 Å². The first-order valence-corrected chi connectivity index (χ1v) is 7.54. The molecule has 114 valence electrons. The number of rotatable bonds is 3. The van der Waals surface area contributed by atoms with Crippen molar-refractivity contribution in [2.24, 2.45) is 4.99 Å². The highest BCUT2D eigenvalue weighted by Gasteiger charge is 2.18. The van der Waals surface area contributed by atoms with Crippen molar-refractivity contribution in [2.45, 2.75) is 6.92 Å². The van der Waals surface area contributed by atoms with E-state index in [9.17, 15) is 0 Å². The lowest BCUT2D eigenvalue weighted by molar-refractivity contribution is 0.414. The van der Waals surface area contributed by atoms with Gasteiger partial charge in [-0.25, -0.2) is 0 Å². The number of methoxy groups -OCH3 is 1. The molecule has 0 spiro atoms. The number of allylic oxidation sites excluding steroid dienone is 1. The number of nitrogens with one attached hydrogen (secondary N) is 2. The maximum absolute atomic E-state index is 5.53. The molecule has 2 N–H and O–H groups in total. The molecule has 3 heterocycles. The molecule has 4 nitrogen and oxygen atoms in total. The third-order valence-electron chi connectivity index (χ3n) is 4.08. The van der Waals surface area contributed by atoms with Gasteiger partial charge in [-0.15, -0.1) is 0 Å². The number of aliphatic imine (C=N–C) groups is 1. The molecule has 0 atom stereocenters. The van der Waals surface area contributed by atoms with E-state index in [1.165, 1.54) is 0 Å². The summed E-state index contributed by atoms with van der Waals surface area (Å²) in [5.41, 5.74) is 7.29. The molecule has 0 radical (unpaired) electrons. The molecule has 0 saturated carbocycles. The topological polar surface area (TPSA) is 53.2 Å².